The number of carbonyl (C=O) groups excluding carboxylic acids is 2. The summed E-state index contributed by atoms with van der Waals surface area (Å²) in [7, 11) is 0. The summed E-state index contributed by atoms with van der Waals surface area (Å²) < 4.78 is 0. The quantitative estimate of drug-likeness (QED) is 0.722. The van der Waals surface area contributed by atoms with Gasteiger partial charge in [-0.15, -0.1) is 0 Å². The molecule has 1 aliphatic rings. The molecule has 1 N–H and O–H groups in total. The van der Waals surface area contributed by atoms with Gasteiger partial charge in [0.15, 0.2) is 0 Å². The normalized spacial score (nSPS) is 16.5. The molecular weight excluding hydrogens is 350 g/mol. The summed E-state index contributed by atoms with van der Waals surface area (Å²) in [4.78, 5) is 30.5. The molecule has 0 unspecified atom stereocenters. The molecule has 1 saturated heterocycles. The van der Waals surface area contributed by atoms with Crippen LogP contribution in [0.2, 0.25) is 0 Å². The zero-order valence-electron chi connectivity index (χ0n) is 15.7. The molecule has 4 rings (SSSR count). The smallest absolute Gasteiger partial charge is 0.225 e. The molecule has 1 fully saturated rings. The van der Waals surface area contributed by atoms with E-state index < -0.39 is 0 Å². The summed E-state index contributed by atoms with van der Waals surface area (Å²) in [5.41, 5.74) is 2.22. The van der Waals surface area contributed by atoms with Gasteiger partial charge in [-0.1, -0.05) is 42.5 Å². The lowest BCUT2D eigenvalue weighted by molar-refractivity contribution is -0.128. The molecule has 3 aromatic rings. The minimum absolute atomic E-state index is 0.0124. The van der Waals surface area contributed by atoms with Crippen molar-refractivity contribution in [2.24, 2.45) is 0 Å². The number of likely N-dealkylation sites (tertiary alicyclic amines) is 1. The minimum Gasteiger partial charge on any atom is -0.351 e. The highest BCUT2D eigenvalue weighted by Gasteiger charge is 2.30. The predicted octanol–water partition coefficient (Wildman–Crippen LogP) is 3.08. The Bertz CT molecular complexity index is 982. The SMILES string of the molecule is O=C(CCc1ccncc1)N[C@H]1CC(=O)N(Cc2cccc3ccccc23)C1. The molecule has 0 aliphatic carbocycles. The number of nitrogens with zero attached hydrogens (tertiary/aromatic N) is 2. The van der Waals surface area contributed by atoms with Gasteiger partial charge in [0.25, 0.3) is 0 Å². The van der Waals surface area contributed by atoms with Crippen LogP contribution in [0.25, 0.3) is 10.8 Å². The molecule has 5 heteroatoms. The van der Waals surface area contributed by atoms with Gasteiger partial charge in [-0.05, 0) is 40.5 Å². The van der Waals surface area contributed by atoms with Crippen LogP contribution < -0.4 is 5.32 Å². The lowest BCUT2D eigenvalue weighted by atomic mass is 10.0. The van der Waals surface area contributed by atoms with E-state index in [4.69, 9.17) is 0 Å². The first kappa shape index (κ1) is 18.2. The van der Waals surface area contributed by atoms with Crippen LogP contribution in [-0.4, -0.2) is 34.3 Å². The van der Waals surface area contributed by atoms with Crippen molar-refractivity contribution in [2.45, 2.75) is 31.8 Å². The lowest BCUT2D eigenvalue weighted by Crippen LogP contribution is -2.37. The number of aromatic nitrogens is 1. The Morgan fingerprint density at radius 2 is 1.86 bits per heavy atom. The fourth-order valence-corrected chi connectivity index (χ4v) is 3.76. The van der Waals surface area contributed by atoms with Gasteiger partial charge in [0, 0.05) is 38.3 Å². The maximum absolute atomic E-state index is 12.5. The zero-order valence-corrected chi connectivity index (χ0v) is 15.7. The summed E-state index contributed by atoms with van der Waals surface area (Å²) in [6, 6.07) is 18.1. The van der Waals surface area contributed by atoms with Crippen molar-refractivity contribution in [1.82, 2.24) is 15.2 Å². The number of fused-ring (bicyclic) bond motifs is 1. The number of rotatable bonds is 6. The Morgan fingerprint density at radius 1 is 1.07 bits per heavy atom. The number of amides is 2. The molecule has 0 bridgehead atoms. The molecular formula is C23H23N3O2. The van der Waals surface area contributed by atoms with E-state index >= 15 is 0 Å². The first-order valence-corrected chi connectivity index (χ1v) is 9.62. The fourth-order valence-electron chi connectivity index (χ4n) is 3.76. The van der Waals surface area contributed by atoms with Crippen molar-refractivity contribution in [1.29, 1.82) is 0 Å². The Labute approximate surface area is 164 Å². The molecule has 1 aliphatic heterocycles. The van der Waals surface area contributed by atoms with Crippen LogP contribution >= 0.6 is 0 Å². The Morgan fingerprint density at radius 3 is 2.71 bits per heavy atom. The van der Waals surface area contributed by atoms with Crippen LogP contribution in [0.15, 0.2) is 67.0 Å². The molecule has 5 nitrogen and oxygen atoms in total. The summed E-state index contributed by atoms with van der Waals surface area (Å²) in [6.07, 6.45) is 4.92. The van der Waals surface area contributed by atoms with Gasteiger partial charge >= 0.3 is 0 Å². The van der Waals surface area contributed by atoms with Crippen LogP contribution in [0.5, 0.6) is 0 Å². The maximum atomic E-state index is 12.5. The zero-order chi connectivity index (χ0) is 19.3. The Kier molecular flexibility index (Phi) is 5.33. The van der Waals surface area contributed by atoms with E-state index in [0.29, 0.717) is 32.4 Å². The van der Waals surface area contributed by atoms with E-state index in [1.165, 1.54) is 10.8 Å². The van der Waals surface area contributed by atoms with Crippen LogP contribution in [-0.2, 0) is 22.6 Å². The van der Waals surface area contributed by atoms with E-state index in [-0.39, 0.29) is 17.9 Å². The highest BCUT2D eigenvalue weighted by Crippen LogP contribution is 2.22. The van der Waals surface area contributed by atoms with Crippen molar-refractivity contribution in [3.05, 3.63) is 78.1 Å². The Hall–Kier alpha value is -3.21. The molecule has 1 atom stereocenters. The summed E-state index contributed by atoms with van der Waals surface area (Å²) >= 11 is 0. The predicted molar refractivity (Wildman–Crippen MR) is 108 cm³/mol. The van der Waals surface area contributed by atoms with Crippen LogP contribution in [0.1, 0.15) is 24.0 Å². The van der Waals surface area contributed by atoms with Gasteiger partial charge in [0.1, 0.15) is 0 Å². The van der Waals surface area contributed by atoms with Gasteiger partial charge in [0.2, 0.25) is 11.8 Å². The summed E-state index contributed by atoms with van der Waals surface area (Å²) in [6.45, 7) is 1.13. The second kappa shape index (κ2) is 8.21. The van der Waals surface area contributed by atoms with Gasteiger partial charge in [-0.3, -0.25) is 14.6 Å². The number of pyridine rings is 1. The van der Waals surface area contributed by atoms with Gasteiger partial charge in [0.05, 0.1) is 6.04 Å². The second-order valence-corrected chi connectivity index (χ2v) is 7.24. The highest BCUT2D eigenvalue weighted by atomic mass is 16.2. The molecule has 0 saturated carbocycles. The number of nitrogens with one attached hydrogen (secondary N) is 1. The first-order chi connectivity index (χ1) is 13.7. The molecule has 28 heavy (non-hydrogen) atoms. The van der Waals surface area contributed by atoms with Gasteiger partial charge in [-0.25, -0.2) is 0 Å². The number of benzene rings is 2. The second-order valence-electron chi connectivity index (χ2n) is 7.24. The third-order valence-corrected chi connectivity index (χ3v) is 5.21. The fraction of sp³-hybridized carbons (Fsp3) is 0.261. The van der Waals surface area contributed by atoms with E-state index in [9.17, 15) is 9.59 Å². The van der Waals surface area contributed by atoms with Crippen molar-refractivity contribution >= 4 is 22.6 Å². The van der Waals surface area contributed by atoms with Gasteiger partial charge in [-0.2, -0.15) is 0 Å². The number of aryl methyl sites for hydroxylation is 1. The highest BCUT2D eigenvalue weighted by molar-refractivity contribution is 5.87. The average molecular weight is 373 g/mol. The molecule has 2 amide bonds. The van der Waals surface area contributed by atoms with Crippen LogP contribution in [0.3, 0.4) is 0 Å². The maximum Gasteiger partial charge on any atom is 0.225 e. The Balaban J connectivity index is 1.34. The molecule has 142 valence electrons. The average Bonchev–Trinajstić information content (AvgIpc) is 3.06. The first-order valence-electron chi connectivity index (χ1n) is 9.62. The standard InChI is InChI=1S/C23H23N3O2/c27-22(9-8-17-10-12-24-13-11-17)25-20-14-23(28)26(16-20)15-19-6-3-5-18-4-1-2-7-21(18)19/h1-7,10-13,20H,8-9,14-16H2,(H,25,27)/t20-/m0/s1. The van der Waals surface area contributed by atoms with E-state index in [0.717, 1.165) is 11.1 Å². The van der Waals surface area contributed by atoms with Crippen LogP contribution in [0, 0.1) is 0 Å². The third kappa shape index (κ3) is 4.19. The third-order valence-electron chi connectivity index (χ3n) is 5.21. The molecule has 2 heterocycles. The van der Waals surface area contributed by atoms with E-state index in [2.05, 4.69) is 34.6 Å². The molecule has 2 aromatic carbocycles. The topological polar surface area (TPSA) is 62.3 Å². The minimum atomic E-state index is -0.118. The monoisotopic (exact) mass is 373 g/mol. The largest absolute Gasteiger partial charge is 0.351 e. The number of hydrogen-bond donors (Lipinski definition) is 1. The van der Waals surface area contributed by atoms with Crippen molar-refractivity contribution < 1.29 is 9.59 Å². The molecule has 1 aromatic heterocycles. The summed E-state index contributed by atoms with van der Waals surface area (Å²) in [5.74, 6) is 0.0778. The summed E-state index contributed by atoms with van der Waals surface area (Å²) in [5, 5.41) is 5.36. The molecule has 0 spiro atoms. The van der Waals surface area contributed by atoms with Crippen molar-refractivity contribution in [3.63, 3.8) is 0 Å². The number of hydrogen-bond acceptors (Lipinski definition) is 3. The lowest BCUT2D eigenvalue weighted by Gasteiger charge is -2.18. The van der Waals surface area contributed by atoms with E-state index in [1.54, 1.807) is 12.4 Å². The molecule has 0 radical (unpaired) electrons. The van der Waals surface area contributed by atoms with Crippen molar-refractivity contribution in [2.75, 3.05) is 6.54 Å². The van der Waals surface area contributed by atoms with Crippen molar-refractivity contribution in [3.8, 4) is 0 Å². The van der Waals surface area contributed by atoms with Crippen LogP contribution in [0.4, 0.5) is 0 Å². The van der Waals surface area contributed by atoms with Gasteiger partial charge < -0.3 is 10.2 Å². The van der Waals surface area contributed by atoms with E-state index in [1.807, 2.05) is 35.2 Å². The number of carbonyl (C=O) groups is 2.